The molecule has 1 atom stereocenters. The highest BCUT2D eigenvalue weighted by Crippen LogP contribution is 2.32. The average molecular weight is 615 g/mol. The molecule has 0 saturated heterocycles. The fourth-order valence-electron chi connectivity index (χ4n) is 4.95. The van der Waals surface area contributed by atoms with Gasteiger partial charge in [-0.2, -0.15) is 4.68 Å². The van der Waals surface area contributed by atoms with Crippen molar-refractivity contribution < 1.29 is 19.1 Å². The zero-order valence-corrected chi connectivity index (χ0v) is 24.8. The van der Waals surface area contributed by atoms with Gasteiger partial charge in [0.2, 0.25) is 11.8 Å². The van der Waals surface area contributed by atoms with Gasteiger partial charge in [-0.3, -0.25) is 14.6 Å². The van der Waals surface area contributed by atoms with Gasteiger partial charge in [-0.05, 0) is 76.9 Å². The first-order valence-corrected chi connectivity index (χ1v) is 14.5. The van der Waals surface area contributed by atoms with Crippen molar-refractivity contribution in [3.63, 3.8) is 0 Å². The highest BCUT2D eigenvalue weighted by atomic mass is 35.5. The van der Waals surface area contributed by atoms with Gasteiger partial charge in [0.15, 0.2) is 0 Å². The summed E-state index contributed by atoms with van der Waals surface area (Å²) >= 11 is 6.22. The van der Waals surface area contributed by atoms with Crippen LogP contribution in [0.25, 0.3) is 22.9 Å². The molecule has 4 aromatic rings. The van der Waals surface area contributed by atoms with Gasteiger partial charge in [-0.25, -0.2) is 4.79 Å². The Morgan fingerprint density at radius 2 is 2.02 bits per heavy atom. The molecule has 3 amide bonds. The number of alkyl carbamates (subject to hydrolysis) is 1. The first kappa shape index (κ1) is 30.4. The molecule has 0 unspecified atom stereocenters. The first-order valence-electron chi connectivity index (χ1n) is 14.1. The Labute approximate surface area is 258 Å². The number of anilines is 1. The number of carbonyl (C=O) groups excluding carboxylic acids is 3. The van der Waals surface area contributed by atoms with E-state index in [4.69, 9.17) is 11.6 Å². The zero-order chi connectivity index (χ0) is 30.9. The van der Waals surface area contributed by atoms with Gasteiger partial charge in [0.25, 0.3) is 0 Å². The molecular formula is C31H31ClN8O4. The number of hydrogen-bond donors (Lipinski definition) is 3. The van der Waals surface area contributed by atoms with Crippen molar-refractivity contribution in [3.8, 4) is 16.8 Å². The molecule has 44 heavy (non-hydrogen) atoms. The Hall–Kier alpha value is -5.10. The summed E-state index contributed by atoms with van der Waals surface area (Å²) < 4.78 is 6.16. The summed E-state index contributed by atoms with van der Waals surface area (Å²) in [4.78, 5) is 42.2. The van der Waals surface area contributed by atoms with E-state index >= 15 is 0 Å². The second-order valence-corrected chi connectivity index (χ2v) is 10.6. The normalized spacial score (nSPS) is 15.2. The summed E-state index contributed by atoms with van der Waals surface area (Å²) in [5.74, 6) is -0.385. The molecule has 5 rings (SSSR count). The molecule has 2 bridgehead atoms. The molecule has 226 valence electrons. The number of methoxy groups -OCH3 is 1. The predicted octanol–water partition coefficient (Wildman–Crippen LogP) is 5.01. The Bertz CT molecular complexity index is 1680. The molecule has 0 spiro atoms. The van der Waals surface area contributed by atoms with E-state index in [-0.39, 0.29) is 24.4 Å². The summed E-state index contributed by atoms with van der Waals surface area (Å²) in [6, 6.07) is 14.3. The van der Waals surface area contributed by atoms with Crippen LogP contribution in [-0.2, 0) is 20.9 Å². The summed E-state index contributed by atoms with van der Waals surface area (Å²) in [6.07, 6.45) is 9.05. The van der Waals surface area contributed by atoms with E-state index in [1.54, 1.807) is 30.5 Å². The lowest BCUT2D eigenvalue weighted by Gasteiger charge is -2.19. The highest BCUT2D eigenvalue weighted by molar-refractivity contribution is 6.30. The molecule has 0 fully saturated rings. The van der Waals surface area contributed by atoms with Crippen LogP contribution in [0.15, 0.2) is 67.1 Å². The van der Waals surface area contributed by atoms with Crippen molar-refractivity contribution in [1.82, 2.24) is 35.8 Å². The Balaban J connectivity index is 1.40. The quantitative estimate of drug-likeness (QED) is 0.256. The topological polar surface area (TPSA) is 153 Å². The molecule has 3 N–H and O–H groups in total. The number of tetrazole rings is 1. The fourth-order valence-corrected chi connectivity index (χ4v) is 5.13. The zero-order valence-electron chi connectivity index (χ0n) is 24.0. The van der Waals surface area contributed by atoms with Gasteiger partial charge in [0.1, 0.15) is 6.33 Å². The third kappa shape index (κ3) is 7.84. The molecule has 12 nitrogen and oxygen atoms in total. The number of carbonyl (C=O) groups is 3. The van der Waals surface area contributed by atoms with Crippen molar-refractivity contribution in [2.24, 2.45) is 0 Å². The number of nitrogens with zero attached hydrogens (tertiary/aromatic N) is 5. The van der Waals surface area contributed by atoms with E-state index in [2.05, 4.69) is 41.2 Å². The smallest absolute Gasteiger partial charge is 0.407 e. The van der Waals surface area contributed by atoms with Crippen molar-refractivity contribution in [2.75, 3.05) is 12.4 Å². The number of amides is 3. The van der Waals surface area contributed by atoms with Crippen molar-refractivity contribution in [3.05, 3.63) is 89.0 Å². The average Bonchev–Trinajstić information content (AvgIpc) is 3.57. The third-order valence-corrected chi connectivity index (χ3v) is 7.38. The lowest BCUT2D eigenvalue weighted by molar-refractivity contribution is -0.117. The summed E-state index contributed by atoms with van der Waals surface area (Å²) in [5, 5.41) is 20.6. The monoisotopic (exact) mass is 614 g/mol. The van der Waals surface area contributed by atoms with Crippen LogP contribution in [0.1, 0.15) is 55.0 Å². The molecule has 1 aliphatic rings. The van der Waals surface area contributed by atoms with Crippen molar-refractivity contribution >= 4 is 41.3 Å². The molecule has 0 saturated carbocycles. The molecule has 0 radical (unpaired) electrons. The second kappa shape index (κ2) is 14.4. The van der Waals surface area contributed by atoms with Crippen LogP contribution in [0.5, 0.6) is 0 Å². The number of halogens is 1. The standard InChI is InChI=1S/C31H31ClN8O4/c1-44-31(43)34-18-20-7-10-24-21-13-14-33-27(17-21)25(5-3-2-4-6-29(41)37-26(24)15-20)36-30(42)12-8-22-16-23(32)9-11-28(22)40-19-35-38-39-40/h7-17,19,25H,2-6,18H2,1H3,(H,34,43)(H,36,42)(H,37,41)/b12-8+/t25-/m0/s1. The van der Waals surface area contributed by atoms with E-state index in [9.17, 15) is 14.4 Å². The minimum Gasteiger partial charge on any atom is -0.453 e. The molecule has 2 aromatic carbocycles. The number of benzene rings is 2. The maximum Gasteiger partial charge on any atom is 0.407 e. The largest absolute Gasteiger partial charge is 0.453 e. The number of rotatable bonds is 6. The van der Waals surface area contributed by atoms with E-state index in [1.807, 2.05) is 30.3 Å². The molecular weight excluding hydrogens is 584 g/mol. The van der Waals surface area contributed by atoms with Crippen LogP contribution in [0.4, 0.5) is 10.5 Å². The van der Waals surface area contributed by atoms with Gasteiger partial charge in [-0.1, -0.05) is 36.6 Å². The Kier molecular flexibility index (Phi) is 9.92. The van der Waals surface area contributed by atoms with Crippen molar-refractivity contribution in [1.29, 1.82) is 0 Å². The summed E-state index contributed by atoms with van der Waals surface area (Å²) in [6.45, 7) is 0.242. The van der Waals surface area contributed by atoms with Crippen LogP contribution in [0, 0.1) is 0 Å². The van der Waals surface area contributed by atoms with E-state index in [1.165, 1.54) is 24.2 Å². The summed E-state index contributed by atoms with van der Waals surface area (Å²) in [7, 11) is 1.30. The lowest BCUT2D eigenvalue weighted by atomic mass is 9.98. The minimum atomic E-state index is -0.541. The first-order chi connectivity index (χ1) is 21.4. The number of pyridine rings is 1. The van der Waals surface area contributed by atoms with Gasteiger partial charge in [-0.15, -0.1) is 5.10 Å². The highest BCUT2D eigenvalue weighted by Gasteiger charge is 2.19. The van der Waals surface area contributed by atoms with Crippen molar-refractivity contribution in [2.45, 2.75) is 44.7 Å². The number of ether oxygens (including phenoxy) is 1. The van der Waals surface area contributed by atoms with E-state index in [0.717, 1.165) is 29.5 Å². The van der Waals surface area contributed by atoms with Crippen LogP contribution in [0.2, 0.25) is 5.02 Å². The number of fused-ring (bicyclic) bond motifs is 4. The van der Waals surface area contributed by atoms with E-state index in [0.29, 0.717) is 46.9 Å². The maximum atomic E-state index is 13.2. The molecule has 0 aliphatic carbocycles. The molecule has 3 heterocycles. The van der Waals surface area contributed by atoms with Crippen LogP contribution >= 0.6 is 11.6 Å². The van der Waals surface area contributed by atoms with Gasteiger partial charge < -0.3 is 20.7 Å². The Morgan fingerprint density at radius 3 is 2.84 bits per heavy atom. The second-order valence-electron chi connectivity index (χ2n) is 10.2. The van der Waals surface area contributed by atoms with Crippen LogP contribution in [0.3, 0.4) is 0 Å². The van der Waals surface area contributed by atoms with Gasteiger partial charge >= 0.3 is 6.09 Å². The van der Waals surface area contributed by atoms with Gasteiger partial charge in [0, 0.05) is 47.1 Å². The predicted molar refractivity (Wildman–Crippen MR) is 165 cm³/mol. The minimum absolute atomic E-state index is 0.0881. The maximum absolute atomic E-state index is 13.2. The van der Waals surface area contributed by atoms with Crippen LogP contribution < -0.4 is 16.0 Å². The van der Waals surface area contributed by atoms with Crippen LogP contribution in [-0.4, -0.2) is 50.2 Å². The molecule has 2 aromatic heterocycles. The molecule has 1 aliphatic heterocycles. The summed E-state index contributed by atoms with van der Waals surface area (Å²) in [5.41, 5.74) is 5.10. The fraction of sp³-hybridized carbons (Fsp3) is 0.258. The SMILES string of the molecule is COC(=O)NCc1ccc2c(c1)NC(=O)CCCCC[C@H](NC(=O)/C=C/c1cc(Cl)ccc1-n1cnnn1)c1cc-2ccn1. The van der Waals surface area contributed by atoms with E-state index < -0.39 is 6.09 Å². The number of aromatic nitrogens is 5. The molecule has 13 heteroatoms. The number of hydrogen-bond acceptors (Lipinski definition) is 8. The lowest BCUT2D eigenvalue weighted by Crippen LogP contribution is -2.27. The number of nitrogens with one attached hydrogen (secondary N) is 3. The third-order valence-electron chi connectivity index (χ3n) is 7.14. The van der Waals surface area contributed by atoms with Gasteiger partial charge in [0.05, 0.1) is 24.5 Å². The Morgan fingerprint density at radius 1 is 1.14 bits per heavy atom.